The monoisotopic (exact) mass is 296 g/mol. The van der Waals surface area contributed by atoms with Crippen LogP contribution in [0.3, 0.4) is 0 Å². The molecule has 0 saturated carbocycles. The third-order valence-electron chi connectivity index (χ3n) is 2.29. The van der Waals surface area contributed by atoms with Crippen molar-refractivity contribution in [2.75, 3.05) is 19.4 Å². The zero-order valence-electron chi connectivity index (χ0n) is 11.0. The number of rotatable bonds is 5. The molecule has 1 aromatic rings. The lowest BCUT2D eigenvalue weighted by Gasteiger charge is -2.06. The minimum absolute atomic E-state index is 0.0808. The molecule has 3 N–H and O–H groups in total. The number of benzene rings is 1. The first-order valence-corrected chi connectivity index (χ1v) is 7.44. The fraction of sp³-hybridized carbons (Fsp3) is 0.308. The third-order valence-corrected chi connectivity index (χ3v) is 3.49. The predicted molar refractivity (Wildman–Crippen MR) is 75.0 cm³/mol. The maximum atomic E-state index is 11.6. The molecule has 0 radical (unpaired) electrons. The number of nitrogens with two attached hydrogens (primary N) is 1. The summed E-state index contributed by atoms with van der Waals surface area (Å²) in [5.41, 5.74) is 6.77. The van der Waals surface area contributed by atoms with E-state index in [-0.39, 0.29) is 13.1 Å². The van der Waals surface area contributed by atoms with Crippen LogP contribution in [0.25, 0.3) is 0 Å². The fourth-order valence-corrected chi connectivity index (χ4v) is 2.29. The van der Waals surface area contributed by atoms with E-state index in [0.717, 1.165) is 18.2 Å². The SMILES string of the molecule is COC(=O)CS(=O)(=O)NCc1cccc(C#CCN)c1. The predicted octanol–water partition coefficient (Wildman–Crippen LogP) is -0.411. The molecular weight excluding hydrogens is 280 g/mol. The third kappa shape index (κ3) is 5.84. The standard InChI is InChI=1S/C13H16N2O4S/c1-19-13(16)10-20(17,18)15-9-12-5-2-4-11(8-12)6-3-7-14/h2,4-5,8,15H,7,9-10,14H2,1H3. The van der Waals surface area contributed by atoms with Gasteiger partial charge in [0.15, 0.2) is 5.75 Å². The van der Waals surface area contributed by atoms with E-state index in [1.165, 1.54) is 0 Å². The number of ether oxygens (including phenoxy) is 1. The Morgan fingerprint density at radius 3 is 2.85 bits per heavy atom. The normalized spacial score (nSPS) is 10.5. The zero-order valence-corrected chi connectivity index (χ0v) is 11.9. The van der Waals surface area contributed by atoms with E-state index in [1.807, 2.05) is 0 Å². The van der Waals surface area contributed by atoms with Crippen molar-refractivity contribution >= 4 is 16.0 Å². The fourth-order valence-electron chi connectivity index (χ4n) is 1.37. The summed E-state index contributed by atoms with van der Waals surface area (Å²) in [6.45, 7) is 0.341. The lowest BCUT2D eigenvalue weighted by molar-refractivity contribution is -0.137. The Hall–Kier alpha value is -1.88. The first-order chi connectivity index (χ1) is 9.46. The number of carbonyl (C=O) groups excluding carboxylic acids is 1. The molecule has 0 spiro atoms. The van der Waals surface area contributed by atoms with Crippen molar-refractivity contribution in [2.45, 2.75) is 6.54 Å². The Labute approximate surface area is 118 Å². The van der Waals surface area contributed by atoms with Gasteiger partial charge in [-0.2, -0.15) is 0 Å². The summed E-state index contributed by atoms with van der Waals surface area (Å²) in [5, 5.41) is 0. The average Bonchev–Trinajstić information content (AvgIpc) is 2.43. The number of methoxy groups -OCH3 is 1. The van der Waals surface area contributed by atoms with Crippen LogP contribution in [0.5, 0.6) is 0 Å². The molecule has 0 amide bonds. The van der Waals surface area contributed by atoms with Gasteiger partial charge < -0.3 is 10.5 Å². The topological polar surface area (TPSA) is 98.5 Å². The van der Waals surface area contributed by atoms with Crippen LogP contribution < -0.4 is 10.5 Å². The van der Waals surface area contributed by atoms with Crippen LogP contribution in [-0.4, -0.2) is 33.8 Å². The van der Waals surface area contributed by atoms with Gasteiger partial charge in [0, 0.05) is 12.1 Å². The summed E-state index contributed by atoms with van der Waals surface area (Å²) in [6.07, 6.45) is 0. The molecule has 0 heterocycles. The molecule has 7 heteroatoms. The molecule has 0 fully saturated rings. The second-order valence-electron chi connectivity index (χ2n) is 3.86. The molecule has 0 bridgehead atoms. The zero-order chi connectivity index (χ0) is 15.0. The highest BCUT2D eigenvalue weighted by Crippen LogP contribution is 2.04. The number of hydrogen-bond acceptors (Lipinski definition) is 5. The van der Waals surface area contributed by atoms with Crippen LogP contribution in [0.2, 0.25) is 0 Å². The number of esters is 1. The van der Waals surface area contributed by atoms with Gasteiger partial charge in [0.1, 0.15) is 0 Å². The van der Waals surface area contributed by atoms with E-state index in [2.05, 4.69) is 21.3 Å². The Balaban J connectivity index is 2.68. The summed E-state index contributed by atoms with van der Waals surface area (Å²) in [6, 6.07) is 7.08. The van der Waals surface area contributed by atoms with Gasteiger partial charge in [-0.15, -0.1) is 0 Å². The summed E-state index contributed by atoms with van der Waals surface area (Å²) in [4.78, 5) is 10.9. The smallest absolute Gasteiger partial charge is 0.322 e. The van der Waals surface area contributed by atoms with Gasteiger partial charge in [-0.05, 0) is 17.7 Å². The van der Waals surface area contributed by atoms with Crippen molar-refractivity contribution in [2.24, 2.45) is 5.73 Å². The number of sulfonamides is 1. The van der Waals surface area contributed by atoms with E-state index in [9.17, 15) is 13.2 Å². The molecule has 1 aromatic carbocycles. The van der Waals surface area contributed by atoms with Crippen molar-refractivity contribution in [1.82, 2.24) is 4.72 Å². The summed E-state index contributed by atoms with van der Waals surface area (Å²) < 4.78 is 29.8. The summed E-state index contributed by atoms with van der Waals surface area (Å²) >= 11 is 0. The van der Waals surface area contributed by atoms with Gasteiger partial charge >= 0.3 is 5.97 Å². The van der Waals surface area contributed by atoms with E-state index in [4.69, 9.17) is 5.73 Å². The lowest BCUT2D eigenvalue weighted by Crippen LogP contribution is -2.30. The van der Waals surface area contributed by atoms with E-state index >= 15 is 0 Å². The van der Waals surface area contributed by atoms with Crippen molar-refractivity contribution in [3.8, 4) is 11.8 Å². The molecule has 0 aliphatic rings. The first kappa shape index (κ1) is 16.2. The molecule has 20 heavy (non-hydrogen) atoms. The molecule has 1 rings (SSSR count). The maximum absolute atomic E-state index is 11.6. The van der Waals surface area contributed by atoms with Crippen LogP contribution in [-0.2, 0) is 26.1 Å². The number of nitrogens with one attached hydrogen (secondary N) is 1. The van der Waals surface area contributed by atoms with Crippen molar-refractivity contribution in [1.29, 1.82) is 0 Å². The molecule has 0 atom stereocenters. The lowest BCUT2D eigenvalue weighted by atomic mass is 10.1. The Morgan fingerprint density at radius 2 is 2.20 bits per heavy atom. The number of carbonyl (C=O) groups is 1. The largest absolute Gasteiger partial charge is 0.468 e. The Kier molecular flexibility index (Phi) is 6.18. The van der Waals surface area contributed by atoms with Gasteiger partial charge in [0.25, 0.3) is 0 Å². The highest BCUT2D eigenvalue weighted by molar-refractivity contribution is 7.90. The summed E-state index contributed by atoms with van der Waals surface area (Å²) in [5.74, 6) is 4.07. The van der Waals surface area contributed by atoms with E-state index in [1.54, 1.807) is 24.3 Å². The van der Waals surface area contributed by atoms with Crippen LogP contribution in [0.1, 0.15) is 11.1 Å². The van der Waals surface area contributed by atoms with Gasteiger partial charge in [-0.1, -0.05) is 24.0 Å². The van der Waals surface area contributed by atoms with Crippen molar-refractivity contribution < 1.29 is 17.9 Å². The highest BCUT2D eigenvalue weighted by atomic mass is 32.2. The summed E-state index contributed by atoms with van der Waals surface area (Å²) in [7, 11) is -2.57. The molecular formula is C13H16N2O4S. The second kappa shape index (κ2) is 7.65. The van der Waals surface area contributed by atoms with Crippen LogP contribution >= 0.6 is 0 Å². The van der Waals surface area contributed by atoms with Gasteiger partial charge in [0.05, 0.1) is 13.7 Å². The van der Waals surface area contributed by atoms with Crippen LogP contribution in [0, 0.1) is 11.8 Å². The van der Waals surface area contributed by atoms with Crippen molar-refractivity contribution in [3.05, 3.63) is 35.4 Å². The minimum atomic E-state index is -3.70. The molecule has 6 nitrogen and oxygen atoms in total. The number of hydrogen-bond donors (Lipinski definition) is 2. The van der Waals surface area contributed by atoms with E-state index in [0.29, 0.717) is 0 Å². The Morgan fingerprint density at radius 1 is 1.45 bits per heavy atom. The molecule has 108 valence electrons. The molecule has 0 aromatic heterocycles. The van der Waals surface area contributed by atoms with E-state index < -0.39 is 21.7 Å². The Bertz CT molecular complexity index is 629. The quantitative estimate of drug-likeness (QED) is 0.568. The minimum Gasteiger partial charge on any atom is -0.468 e. The maximum Gasteiger partial charge on any atom is 0.322 e. The molecule has 0 unspecified atom stereocenters. The first-order valence-electron chi connectivity index (χ1n) is 5.79. The molecule has 0 saturated heterocycles. The average molecular weight is 296 g/mol. The van der Waals surface area contributed by atoms with Gasteiger partial charge in [-0.25, -0.2) is 13.1 Å². The van der Waals surface area contributed by atoms with Gasteiger partial charge in [-0.3, -0.25) is 4.79 Å². The van der Waals surface area contributed by atoms with Crippen molar-refractivity contribution in [3.63, 3.8) is 0 Å². The van der Waals surface area contributed by atoms with Crippen LogP contribution in [0.15, 0.2) is 24.3 Å². The van der Waals surface area contributed by atoms with Gasteiger partial charge in [0.2, 0.25) is 10.0 Å². The molecule has 0 aliphatic carbocycles. The second-order valence-corrected chi connectivity index (χ2v) is 5.67. The highest BCUT2D eigenvalue weighted by Gasteiger charge is 2.16. The van der Waals surface area contributed by atoms with Crippen LogP contribution in [0.4, 0.5) is 0 Å². The molecule has 0 aliphatic heterocycles.